The summed E-state index contributed by atoms with van der Waals surface area (Å²) in [4.78, 5) is 0. The zero-order valence-corrected chi connectivity index (χ0v) is 9.75. The Morgan fingerprint density at radius 3 is 2.67 bits per heavy atom. The molecule has 0 fully saturated rings. The van der Waals surface area contributed by atoms with E-state index in [4.69, 9.17) is 10.3 Å². The number of nitrogens with two attached hydrogens (primary N) is 1. The smallest absolute Gasteiger partial charge is 0.122 e. The van der Waals surface area contributed by atoms with Crippen molar-refractivity contribution in [3.8, 4) is 0 Å². The molecule has 0 bridgehead atoms. The zero-order valence-electron chi connectivity index (χ0n) is 9.75. The molecule has 3 heteroatoms. The topological polar surface area (TPSA) is 51.2 Å². The Kier molecular flexibility index (Phi) is 5.43. The first-order valence-corrected chi connectivity index (χ1v) is 5.86. The lowest BCUT2D eigenvalue weighted by atomic mass is 10.1. The molecule has 15 heavy (non-hydrogen) atoms. The molecular formula is C12H22N2O. The third kappa shape index (κ3) is 3.68. The maximum absolute atomic E-state index is 5.67. The molecule has 1 heterocycles. The fourth-order valence-corrected chi connectivity index (χ4v) is 1.68. The van der Waals surface area contributed by atoms with Crippen LogP contribution in [0.15, 0.2) is 16.5 Å². The second kappa shape index (κ2) is 6.64. The molecule has 0 spiro atoms. The number of hydrazine groups is 1. The van der Waals surface area contributed by atoms with Gasteiger partial charge in [-0.05, 0) is 18.6 Å². The number of unbranched alkanes of at least 4 members (excludes halogenated alkanes) is 2. The van der Waals surface area contributed by atoms with Crippen molar-refractivity contribution in [1.82, 2.24) is 5.43 Å². The van der Waals surface area contributed by atoms with Crippen LogP contribution >= 0.6 is 0 Å². The Labute approximate surface area is 92.0 Å². The lowest BCUT2D eigenvalue weighted by Gasteiger charge is -2.12. The Balaban J connectivity index is 2.49. The molecule has 86 valence electrons. The van der Waals surface area contributed by atoms with Gasteiger partial charge in [0.25, 0.3) is 0 Å². The molecule has 0 aliphatic heterocycles. The van der Waals surface area contributed by atoms with E-state index in [2.05, 4.69) is 19.3 Å². The standard InChI is InChI=1S/C12H22N2O/c1-3-5-6-7-11(14-13)12-9-8-10(4-2)15-12/h8-9,11,14H,3-7,13H2,1-2H3. The SMILES string of the molecule is CCCCCC(NN)c1ccc(CC)o1. The summed E-state index contributed by atoms with van der Waals surface area (Å²) in [6.45, 7) is 4.29. The fraction of sp³-hybridized carbons (Fsp3) is 0.667. The Bertz CT molecular complexity index is 270. The van der Waals surface area contributed by atoms with Gasteiger partial charge >= 0.3 is 0 Å². The highest BCUT2D eigenvalue weighted by atomic mass is 16.3. The summed E-state index contributed by atoms with van der Waals surface area (Å²) in [6, 6.07) is 4.21. The van der Waals surface area contributed by atoms with Gasteiger partial charge in [0.05, 0.1) is 6.04 Å². The van der Waals surface area contributed by atoms with Crippen molar-refractivity contribution < 1.29 is 4.42 Å². The van der Waals surface area contributed by atoms with Crippen molar-refractivity contribution in [1.29, 1.82) is 0 Å². The molecule has 0 saturated heterocycles. The molecule has 1 unspecified atom stereocenters. The van der Waals surface area contributed by atoms with E-state index < -0.39 is 0 Å². The van der Waals surface area contributed by atoms with E-state index in [9.17, 15) is 0 Å². The molecule has 0 aliphatic rings. The molecule has 1 aromatic heterocycles. The Morgan fingerprint density at radius 1 is 1.33 bits per heavy atom. The molecule has 1 aromatic rings. The normalized spacial score (nSPS) is 13.0. The van der Waals surface area contributed by atoms with Crippen LogP contribution in [0, 0.1) is 0 Å². The molecule has 3 nitrogen and oxygen atoms in total. The van der Waals surface area contributed by atoms with Gasteiger partial charge in [0, 0.05) is 6.42 Å². The summed E-state index contributed by atoms with van der Waals surface area (Å²) in [5, 5.41) is 0. The van der Waals surface area contributed by atoms with Crippen molar-refractivity contribution in [2.75, 3.05) is 0 Å². The van der Waals surface area contributed by atoms with Gasteiger partial charge in [0.15, 0.2) is 0 Å². The highest BCUT2D eigenvalue weighted by molar-refractivity contribution is 5.10. The van der Waals surface area contributed by atoms with Crippen LogP contribution < -0.4 is 11.3 Å². The van der Waals surface area contributed by atoms with Crippen LogP contribution in [0.5, 0.6) is 0 Å². The van der Waals surface area contributed by atoms with Crippen LogP contribution in [0.25, 0.3) is 0 Å². The van der Waals surface area contributed by atoms with Gasteiger partial charge in [-0.1, -0.05) is 33.1 Å². The lowest BCUT2D eigenvalue weighted by Crippen LogP contribution is -2.27. The summed E-state index contributed by atoms with van der Waals surface area (Å²) in [6.07, 6.45) is 5.65. The second-order valence-electron chi connectivity index (χ2n) is 3.87. The van der Waals surface area contributed by atoms with Crippen molar-refractivity contribution in [3.63, 3.8) is 0 Å². The minimum atomic E-state index is 0.164. The van der Waals surface area contributed by atoms with Crippen molar-refractivity contribution >= 4 is 0 Å². The molecule has 3 N–H and O–H groups in total. The van der Waals surface area contributed by atoms with Crippen LogP contribution in [0.1, 0.15) is 57.1 Å². The number of hydrogen-bond donors (Lipinski definition) is 2. The van der Waals surface area contributed by atoms with Crippen LogP contribution in [-0.2, 0) is 6.42 Å². The Morgan fingerprint density at radius 2 is 2.13 bits per heavy atom. The average molecular weight is 210 g/mol. The van der Waals surface area contributed by atoms with Crippen LogP contribution in [0.3, 0.4) is 0 Å². The summed E-state index contributed by atoms with van der Waals surface area (Å²) < 4.78 is 5.67. The maximum Gasteiger partial charge on any atom is 0.122 e. The van der Waals surface area contributed by atoms with Crippen molar-refractivity contribution in [2.24, 2.45) is 5.84 Å². The molecule has 1 rings (SSSR count). The zero-order chi connectivity index (χ0) is 11.1. The van der Waals surface area contributed by atoms with Gasteiger partial charge in [0.1, 0.15) is 11.5 Å². The minimum Gasteiger partial charge on any atom is -0.464 e. The largest absolute Gasteiger partial charge is 0.464 e. The number of hydrogen-bond acceptors (Lipinski definition) is 3. The number of rotatable bonds is 7. The van der Waals surface area contributed by atoms with E-state index in [1.165, 1.54) is 19.3 Å². The first-order chi connectivity index (χ1) is 7.31. The van der Waals surface area contributed by atoms with Crippen LogP contribution in [0.2, 0.25) is 0 Å². The van der Waals surface area contributed by atoms with Crippen LogP contribution in [0.4, 0.5) is 0 Å². The van der Waals surface area contributed by atoms with Gasteiger partial charge in [-0.25, -0.2) is 5.43 Å². The molecule has 0 amide bonds. The first-order valence-electron chi connectivity index (χ1n) is 5.86. The molecular weight excluding hydrogens is 188 g/mol. The molecule has 0 aliphatic carbocycles. The highest BCUT2D eigenvalue weighted by Crippen LogP contribution is 2.21. The molecule has 0 radical (unpaired) electrons. The number of nitrogens with one attached hydrogen (secondary N) is 1. The van der Waals surface area contributed by atoms with Crippen molar-refractivity contribution in [3.05, 3.63) is 23.7 Å². The molecule has 0 aromatic carbocycles. The van der Waals surface area contributed by atoms with E-state index in [1.54, 1.807) is 0 Å². The first kappa shape index (κ1) is 12.3. The summed E-state index contributed by atoms with van der Waals surface area (Å²) in [7, 11) is 0. The predicted molar refractivity (Wildman–Crippen MR) is 62.3 cm³/mol. The maximum atomic E-state index is 5.67. The second-order valence-corrected chi connectivity index (χ2v) is 3.87. The predicted octanol–water partition coefficient (Wildman–Crippen LogP) is 2.93. The van der Waals surface area contributed by atoms with Gasteiger partial charge in [-0.15, -0.1) is 0 Å². The lowest BCUT2D eigenvalue weighted by molar-refractivity contribution is 0.375. The third-order valence-electron chi connectivity index (χ3n) is 2.67. The monoisotopic (exact) mass is 210 g/mol. The van der Waals surface area contributed by atoms with E-state index in [0.29, 0.717) is 0 Å². The highest BCUT2D eigenvalue weighted by Gasteiger charge is 2.12. The minimum absolute atomic E-state index is 0.164. The van der Waals surface area contributed by atoms with E-state index >= 15 is 0 Å². The van der Waals surface area contributed by atoms with Crippen LogP contribution in [-0.4, -0.2) is 0 Å². The van der Waals surface area contributed by atoms with Gasteiger partial charge in [-0.2, -0.15) is 0 Å². The summed E-state index contributed by atoms with van der Waals surface area (Å²) >= 11 is 0. The Hall–Kier alpha value is -0.800. The number of aryl methyl sites for hydroxylation is 1. The van der Waals surface area contributed by atoms with E-state index in [0.717, 1.165) is 24.4 Å². The van der Waals surface area contributed by atoms with Crippen molar-refractivity contribution in [2.45, 2.75) is 52.0 Å². The van der Waals surface area contributed by atoms with Gasteiger partial charge in [-0.3, -0.25) is 5.84 Å². The van der Waals surface area contributed by atoms with E-state index in [-0.39, 0.29) is 6.04 Å². The van der Waals surface area contributed by atoms with Gasteiger partial charge < -0.3 is 4.42 Å². The third-order valence-corrected chi connectivity index (χ3v) is 2.67. The average Bonchev–Trinajstić information content (AvgIpc) is 2.73. The molecule has 0 saturated carbocycles. The fourth-order valence-electron chi connectivity index (χ4n) is 1.68. The summed E-state index contributed by atoms with van der Waals surface area (Å²) in [5.74, 6) is 7.52. The quantitative estimate of drug-likeness (QED) is 0.413. The molecule has 1 atom stereocenters. The van der Waals surface area contributed by atoms with E-state index in [1.807, 2.05) is 12.1 Å². The number of furan rings is 1. The summed E-state index contributed by atoms with van der Waals surface area (Å²) in [5.41, 5.74) is 2.82. The van der Waals surface area contributed by atoms with Gasteiger partial charge in [0.2, 0.25) is 0 Å².